The summed E-state index contributed by atoms with van der Waals surface area (Å²) in [7, 11) is 0. The lowest BCUT2D eigenvalue weighted by Gasteiger charge is -2.37. The van der Waals surface area contributed by atoms with Gasteiger partial charge in [-0.1, -0.05) is 58.3 Å². The molecule has 0 spiro atoms. The lowest BCUT2D eigenvalue weighted by molar-refractivity contribution is 0.124. The van der Waals surface area contributed by atoms with Crippen LogP contribution in [0.3, 0.4) is 0 Å². The monoisotopic (exact) mass is 268 g/mol. The first kappa shape index (κ1) is 17.0. The molecule has 1 aliphatic rings. The second-order valence-corrected chi connectivity index (χ2v) is 6.24. The van der Waals surface area contributed by atoms with Crippen molar-refractivity contribution in [3.8, 4) is 0 Å². The van der Waals surface area contributed by atoms with Gasteiger partial charge in [-0.2, -0.15) is 0 Å². The van der Waals surface area contributed by atoms with Crippen LogP contribution in [-0.2, 0) is 0 Å². The second kappa shape index (κ2) is 11.7. The molecule has 1 saturated carbocycles. The van der Waals surface area contributed by atoms with Crippen LogP contribution in [0.15, 0.2) is 0 Å². The predicted octanol–water partition coefficient (Wildman–Crippen LogP) is 4.33. The van der Waals surface area contributed by atoms with Crippen LogP contribution in [-0.4, -0.2) is 30.6 Å². The summed E-state index contributed by atoms with van der Waals surface area (Å²) in [4.78, 5) is 2.72. The molecule has 1 fully saturated rings. The average Bonchev–Trinajstić information content (AvgIpc) is 2.36. The Morgan fingerprint density at radius 1 is 0.842 bits per heavy atom. The number of hydrogen-bond acceptors (Lipinski definition) is 2. The van der Waals surface area contributed by atoms with E-state index in [9.17, 15) is 0 Å². The van der Waals surface area contributed by atoms with Gasteiger partial charge in [-0.3, -0.25) is 0 Å². The fraction of sp³-hybridized carbons (Fsp3) is 1.00. The van der Waals surface area contributed by atoms with Crippen LogP contribution in [0.1, 0.15) is 84.0 Å². The summed E-state index contributed by atoms with van der Waals surface area (Å²) in [5.41, 5.74) is 5.64. The van der Waals surface area contributed by atoms with E-state index in [0.29, 0.717) is 0 Å². The molecule has 0 heterocycles. The molecule has 114 valence electrons. The normalized spacial score (nSPS) is 15.9. The van der Waals surface area contributed by atoms with E-state index in [1.807, 2.05) is 0 Å². The summed E-state index contributed by atoms with van der Waals surface area (Å²) in [6, 6.07) is 0.899. The Kier molecular flexibility index (Phi) is 10.5. The molecule has 1 rings (SSSR count). The van der Waals surface area contributed by atoms with Crippen molar-refractivity contribution in [2.24, 2.45) is 5.73 Å². The molecular formula is C17H36N2. The molecule has 2 nitrogen and oxygen atoms in total. The molecule has 0 radical (unpaired) electrons. The van der Waals surface area contributed by atoms with E-state index in [1.54, 1.807) is 0 Å². The van der Waals surface area contributed by atoms with Gasteiger partial charge in [-0.05, 0) is 45.3 Å². The highest BCUT2D eigenvalue weighted by Crippen LogP contribution is 2.25. The van der Waals surface area contributed by atoms with Crippen molar-refractivity contribution < 1.29 is 0 Å². The Morgan fingerprint density at radius 2 is 1.42 bits per heavy atom. The van der Waals surface area contributed by atoms with Gasteiger partial charge in [0.05, 0.1) is 0 Å². The zero-order valence-corrected chi connectivity index (χ0v) is 13.2. The van der Waals surface area contributed by atoms with Crippen molar-refractivity contribution >= 4 is 0 Å². The summed E-state index contributed by atoms with van der Waals surface area (Å²) in [6.07, 6.45) is 16.9. The Morgan fingerprint density at radius 3 is 1.95 bits per heavy atom. The number of hydrogen-bond donors (Lipinski definition) is 1. The number of nitrogens with two attached hydrogens (primary N) is 1. The molecule has 2 heteroatoms. The highest BCUT2D eigenvalue weighted by molar-refractivity contribution is 4.80. The fourth-order valence-corrected chi connectivity index (χ4v) is 2.97. The van der Waals surface area contributed by atoms with Gasteiger partial charge in [-0.25, -0.2) is 0 Å². The summed E-state index contributed by atoms with van der Waals surface area (Å²) in [5.74, 6) is 0. The Labute approximate surface area is 121 Å². The molecule has 0 unspecified atom stereocenters. The van der Waals surface area contributed by atoms with E-state index in [-0.39, 0.29) is 0 Å². The van der Waals surface area contributed by atoms with Crippen LogP contribution in [0, 0.1) is 0 Å². The van der Waals surface area contributed by atoms with Crippen molar-refractivity contribution in [1.29, 1.82) is 0 Å². The Bertz CT molecular complexity index is 190. The lowest BCUT2D eigenvalue weighted by atomic mass is 9.91. The molecule has 0 saturated heterocycles. The zero-order valence-electron chi connectivity index (χ0n) is 13.2. The lowest BCUT2D eigenvalue weighted by Crippen LogP contribution is -2.41. The van der Waals surface area contributed by atoms with Crippen molar-refractivity contribution in [3.05, 3.63) is 0 Å². The van der Waals surface area contributed by atoms with Gasteiger partial charge in [0, 0.05) is 6.04 Å². The number of rotatable bonds is 13. The molecule has 1 aliphatic carbocycles. The summed E-state index contributed by atoms with van der Waals surface area (Å²) >= 11 is 0. The second-order valence-electron chi connectivity index (χ2n) is 6.24. The van der Waals surface area contributed by atoms with Crippen LogP contribution in [0.25, 0.3) is 0 Å². The third-order valence-electron chi connectivity index (χ3n) is 4.54. The summed E-state index contributed by atoms with van der Waals surface area (Å²) in [6.45, 7) is 5.69. The van der Waals surface area contributed by atoms with E-state index in [4.69, 9.17) is 5.73 Å². The molecule has 0 aromatic heterocycles. The highest BCUT2D eigenvalue weighted by Gasteiger charge is 2.23. The Balaban J connectivity index is 1.95. The minimum atomic E-state index is 0.848. The number of nitrogens with zero attached hydrogens (tertiary/aromatic N) is 1. The molecule has 0 aromatic rings. The summed E-state index contributed by atoms with van der Waals surface area (Å²) < 4.78 is 0. The average molecular weight is 268 g/mol. The van der Waals surface area contributed by atoms with Crippen LogP contribution in [0.4, 0.5) is 0 Å². The van der Waals surface area contributed by atoms with E-state index < -0.39 is 0 Å². The first-order valence-electron chi connectivity index (χ1n) is 8.82. The van der Waals surface area contributed by atoms with Crippen LogP contribution in [0.2, 0.25) is 0 Å². The summed E-state index contributed by atoms with van der Waals surface area (Å²) in [5, 5.41) is 0. The maximum atomic E-state index is 5.64. The van der Waals surface area contributed by atoms with Gasteiger partial charge in [0.25, 0.3) is 0 Å². The van der Waals surface area contributed by atoms with Crippen LogP contribution < -0.4 is 5.73 Å². The molecule has 2 N–H and O–H groups in total. The molecule has 0 bridgehead atoms. The quantitative estimate of drug-likeness (QED) is 0.504. The van der Waals surface area contributed by atoms with Crippen molar-refractivity contribution in [2.45, 2.75) is 90.0 Å². The first-order chi connectivity index (χ1) is 9.38. The third-order valence-corrected chi connectivity index (χ3v) is 4.54. The maximum absolute atomic E-state index is 5.64. The third kappa shape index (κ3) is 7.94. The topological polar surface area (TPSA) is 29.3 Å². The van der Waals surface area contributed by atoms with Crippen molar-refractivity contribution in [1.82, 2.24) is 4.90 Å². The smallest absolute Gasteiger partial charge is 0.00952 e. The maximum Gasteiger partial charge on any atom is 0.00952 e. The Hall–Kier alpha value is -0.0800. The standard InChI is InChI=1S/C17H36N2/c1-2-3-4-5-6-7-8-9-15-19(16-11-14-18)17-12-10-13-17/h17H,2-16,18H2,1H3. The van der Waals surface area contributed by atoms with E-state index >= 15 is 0 Å². The van der Waals surface area contributed by atoms with Gasteiger partial charge in [0.2, 0.25) is 0 Å². The van der Waals surface area contributed by atoms with Gasteiger partial charge in [-0.15, -0.1) is 0 Å². The first-order valence-corrected chi connectivity index (χ1v) is 8.82. The zero-order chi connectivity index (χ0) is 13.8. The number of unbranched alkanes of at least 4 members (excludes halogenated alkanes) is 7. The van der Waals surface area contributed by atoms with Gasteiger partial charge in [0.1, 0.15) is 0 Å². The van der Waals surface area contributed by atoms with E-state index in [1.165, 1.54) is 90.1 Å². The molecule has 0 aliphatic heterocycles. The van der Waals surface area contributed by atoms with Gasteiger partial charge >= 0.3 is 0 Å². The van der Waals surface area contributed by atoms with E-state index in [2.05, 4.69) is 11.8 Å². The van der Waals surface area contributed by atoms with Crippen molar-refractivity contribution in [3.63, 3.8) is 0 Å². The molecular weight excluding hydrogens is 232 g/mol. The minimum Gasteiger partial charge on any atom is -0.330 e. The van der Waals surface area contributed by atoms with Crippen LogP contribution >= 0.6 is 0 Å². The largest absolute Gasteiger partial charge is 0.330 e. The SMILES string of the molecule is CCCCCCCCCCN(CCCN)C1CCC1. The molecule has 0 amide bonds. The van der Waals surface area contributed by atoms with Crippen molar-refractivity contribution in [2.75, 3.05) is 19.6 Å². The minimum absolute atomic E-state index is 0.848. The van der Waals surface area contributed by atoms with Gasteiger partial charge in [0.15, 0.2) is 0 Å². The predicted molar refractivity (Wildman–Crippen MR) is 85.5 cm³/mol. The van der Waals surface area contributed by atoms with Gasteiger partial charge < -0.3 is 10.6 Å². The van der Waals surface area contributed by atoms with Crippen LogP contribution in [0.5, 0.6) is 0 Å². The molecule has 0 aromatic carbocycles. The van der Waals surface area contributed by atoms with E-state index in [0.717, 1.165) is 12.6 Å². The molecule has 19 heavy (non-hydrogen) atoms. The molecule has 0 atom stereocenters. The highest BCUT2D eigenvalue weighted by atomic mass is 15.2. The fourth-order valence-electron chi connectivity index (χ4n) is 2.97.